The van der Waals surface area contributed by atoms with Crippen LogP contribution in [0.15, 0.2) is 28.7 Å². The zero-order chi connectivity index (χ0) is 15.5. The van der Waals surface area contributed by atoms with Gasteiger partial charge in [-0.25, -0.2) is 4.98 Å². The molecule has 1 aromatic carbocycles. The Bertz CT molecular complexity index is 632. The monoisotopic (exact) mass is 298 g/mol. The summed E-state index contributed by atoms with van der Waals surface area (Å²) in [5, 5.41) is 0. The number of likely N-dealkylation sites (tertiary alicyclic amines) is 1. The SMILES string of the molecule is CC[C@H]1CCCCN1Cc1nc(-c2ccccc2C)oc1C. The topological polar surface area (TPSA) is 29.3 Å². The lowest BCUT2D eigenvalue weighted by Crippen LogP contribution is -2.38. The largest absolute Gasteiger partial charge is 0.441 e. The summed E-state index contributed by atoms with van der Waals surface area (Å²) in [6, 6.07) is 8.98. The summed E-state index contributed by atoms with van der Waals surface area (Å²) in [5.41, 5.74) is 3.40. The number of aryl methyl sites for hydroxylation is 2. The Kier molecular flexibility index (Phi) is 4.63. The minimum Gasteiger partial charge on any atom is -0.441 e. The first-order valence-corrected chi connectivity index (χ1v) is 8.45. The second-order valence-corrected chi connectivity index (χ2v) is 6.37. The summed E-state index contributed by atoms with van der Waals surface area (Å²) in [7, 11) is 0. The number of hydrogen-bond donors (Lipinski definition) is 0. The third-order valence-electron chi connectivity index (χ3n) is 4.84. The first-order chi connectivity index (χ1) is 10.7. The molecule has 118 valence electrons. The zero-order valence-corrected chi connectivity index (χ0v) is 13.9. The third kappa shape index (κ3) is 3.09. The Balaban J connectivity index is 1.82. The number of hydrogen-bond acceptors (Lipinski definition) is 3. The van der Waals surface area contributed by atoms with Crippen LogP contribution in [0.25, 0.3) is 11.5 Å². The van der Waals surface area contributed by atoms with Crippen LogP contribution in [0.4, 0.5) is 0 Å². The van der Waals surface area contributed by atoms with E-state index >= 15 is 0 Å². The second-order valence-electron chi connectivity index (χ2n) is 6.37. The van der Waals surface area contributed by atoms with Gasteiger partial charge in [0.15, 0.2) is 0 Å². The van der Waals surface area contributed by atoms with Gasteiger partial charge in [0.05, 0.1) is 5.69 Å². The summed E-state index contributed by atoms with van der Waals surface area (Å²) >= 11 is 0. The number of aromatic nitrogens is 1. The van der Waals surface area contributed by atoms with E-state index in [1.54, 1.807) is 0 Å². The molecule has 0 unspecified atom stereocenters. The minimum atomic E-state index is 0.701. The summed E-state index contributed by atoms with van der Waals surface area (Å²) in [6.45, 7) is 8.53. The van der Waals surface area contributed by atoms with Gasteiger partial charge in [-0.05, 0) is 51.3 Å². The molecule has 22 heavy (non-hydrogen) atoms. The first-order valence-electron chi connectivity index (χ1n) is 8.45. The highest BCUT2D eigenvalue weighted by Gasteiger charge is 2.23. The van der Waals surface area contributed by atoms with E-state index in [-0.39, 0.29) is 0 Å². The van der Waals surface area contributed by atoms with E-state index < -0.39 is 0 Å². The van der Waals surface area contributed by atoms with Crippen LogP contribution >= 0.6 is 0 Å². The van der Waals surface area contributed by atoms with Crippen molar-refractivity contribution in [3.8, 4) is 11.5 Å². The first kappa shape index (κ1) is 15.3. The van der Waals surface area contributed by atoms with E-state index in [2.05, 4.69) is 36.9 Å². The molecule has 0 amide bonds. The molecule has 1 aliphatic rings. The van der Waals surface area contributed by atoms with E-state index in [1.165, 1.54) is 37.8 Å². The van der Waals surface area contributed by atoms with Gasteiger partial charge in [0, 0.05) is 18.2 Å². The van der Waals surface area contributed by atoms with Gasteiger partial charge in [0.1, 0.15) is 5.76 Å². The molecule has 0 spiro atoms. The van der Waals surface area contributed by atoms with Gasteiger partial charge in [-0.1, -0.05) is 31.5 Å². The molecule has 1 atom stereocenters. The van der Waals surface area contributed by atoms with Crippen molar-refractivity contribution in [3.63, 3.8) is 0 Å². The predicted octanol–water partition coefficient (Wildman–Crippen LogP) is 4.72. The maximum atomic E-state index is 5.95. The maximum absolute atomic E-state index is 5.95. The van der Waals surface area contributed by atoms with Gasteiger partial charge in [0.25, 0.3) is 0 Å². The molecule has 0 N–H and O–H groups in total. The molecule has 2 heterocycles. The van der Waals surface area contributed by atoms with Gasteiger partial charge >= 0.3 is 0 Å². The highest BCUT2D eigenvalue weighted by molar-refractivity contribution is 5.58. The molecule has 1 aliphatic heterocycles. The Morgan fingerprint density at radius 2 is 2.05 bits per heavy atom. The normalized spacial score (nSPS) is 19.5. The number of rotatable bonds is 4. The van der Waals surface area contributed by atoms with Gasteiger partial charge < -0.3 is 4.42 Å². The van der Waals surface area contributed by atoms with Crippen LogP contribution in [0.2, 0.25) is 0 Å². The highest BCUT2D eigenvalue weighted by Crippen LogP contribution is 2.27. The molecule has 0 saturated carbocycles. The van der Waals surface area contributed by atoms with Crippen molar-refractivity contribution in [2.24, 2.45) is 0 Å². The molecule has 0 aliphatic carbocycles. The molecule has 2 aromatic rings. The van der Waals surface area contributed by atoms with Crippen molar-refractivity contribution in [2.75, 3.05) is 6.54 Å². The van der Waals surface area contributed by atoms with Crippen LogP contribution in [0.5, 0.6) is 0 Å². The number of nitrogens with zero attached hydrogens (tertiary/aromatic N) is 2. The molecule has 1 fully saturated rings. The molecule has 1 saturated heterocycles. The maximum Gasteiger partial charge on any atom is 0.226 e. The van der Waals surface area contributed by atoms with E-state index in [9.17, 15) is 0 Å². The Morgan fingerprint density at radius 3 is 2.82 bits per heavy atom. The van der Waals surface area contributed by atoms with Gasteiger partial charge in [-0.2, -0.15) is 0 Å². The lowest BCUT2D eigenvalue weighted by atomic mass is 10.00. The van der Waals surface area contributed by atoms with Gasteiger partial charge in [-0.15, -0.1) is 0 Å². The molecule has 3 nitrogen and oxygen atoms in total. The minimum absolute atomic E-state index is 0.701. The molecule has 0 radical (unpaired) electrons. The van der Waals surface area contributed by atoms with Crippen LogP contribution in [0.3, 0.4) is 0 Å². The Labute approximate surface area is 133 Å². The molecule has 3 heteroatoms. The molecule has 0 bridgehead atoms. The fourth-order valence-corrected chi connectivity index (χ4v) is 3.43. The smallest absolute Gasteiger partial charge is 0.226 e. The van der Waals surface area contributed by atoms with Crippen molar-refractivity contribution in [1.82, 2.24) is 9.88 Å². The van der Waals surface area contributed by atoms with Crippen LogP contribution < -0.4 is 0 Å². The second kappa shape index (κ2) is 6.66. The van der Waals surface area contributed by atoms with E-state index in [4.69, 9.17) is 9.40 Å². The van der Waals surface area contributed by atoms with Crippen molar-refractivity contribution in [1.29, 1.82) is 0 Å². The highest BCUT2D eigenvalue weighted by atomic mass is 16.4. The van der Waals surface area contributed by atoms with Crippen molar-refractivity contribution in [3.05, 3.63) is 41.3 Å². The lowest BCUT2D eigenvalue weighted by Gasteiger charge is -2.34. The number of piperidine rings is 1. The fourth-order valence-electron chi connectivity index (χ4n) is 3.43. The average molecular weight is 298 g/mol. The molecule has 1 aromatic heterocycles. The van der Waals surface area contributed by atoms with Crippen LogP contribution in [-0.4, -0.2) is 22.5 Å². The zero-order valence-electron chi connectivity index (χ0n) is 13.9. The average Bonchev–Trinajstić information content (AvgIpc) is 2.89. The van der Waals surface area contributed by atoms with Crippen molar-refractivity contribution < 1.29 is 4.42 Å². The van der Waals surface area contributed by atoms with Crippen molar-refractivity contribution >= 4 is 0 Å². The summed E-state index contributed by atoms with van der Waals surface area (Å²) in [6.07, 6.45) is 5.21. The summed E-state index contributed by atoms with van der Waals surface area (Å²) in [4.78, 5) is 7.37. The van der Waals surface area contributed by atoms with Crippen LogP contribution in [0.1, 0.15) is 49.6 Å². The van der Waals surface area contributed by atoms with Crippen molar-refractivity contribution in [2.45, 2.75) is 59.0 Å². The van der Waals surface area contributed by atoms with E-state index in [1.807, 2.05) is 13.0 Å². The summed E-state index contributed by atoms with van der Waals surface area (Å²) < 4.78 is 5.95. The fraction of sp³-hybridized carbons (Fsp3) is 0.526. The summed E-state index contributed by atoms with van der Waals surface area (Å²) in [5.74, 6) is 1.72. The van der Waals surface area contributed by atoms with Crippen LogP contribution in [0, 0.1) is 13.8 Å². The lowest BCUT2D eigenvalue weighted by molar-refractivity contribution is 0.134. The quantitative estimate of drug-likeness (QED) is 0.817. The molecule has 3 rings (SSSR count). The number of oxazole rings is 1. The standard InChI is InChI=1S/C19H26N2O/c1-4-16-10-7-8-12-21(16)13-18-15(3)22-19(20-18)17-11-6-5-9-14(17)2/h5-6,9,11,16H,4,7-8,10,12-13H2,1-3H3/t16-/m0/s1. The molecular formula is C19H26N2O. The molecular weight excluding hydrogens is 272 g/mol. The van der Waals surface area contributed by atoms with Crippen LogP contribution in [-0.2, 0) is 6.54 Å². The predicted molar refractivity (Wildman–Crippen MR) is 89.8 cm³/mol. The third-order valence-corrected chi connectivity index (χ3v) is 4.84. The van der Waals surface area contributed by atoms with E-state index in [0.717, 1.165) is 29.5 Å². The van der Waals surface area contributed by atoms with Gasteiger partial charge in [0.2, 0.25) is 5.89 Å². The Hall–Kier alpha value is -1.61. The Morgan fingerprint density at radius 1 is 1.23 bits per heavy atom. The number of benzene rings is 1. The van der Waals surface area contributed by atoms with Gasteiger partial charge in [-0.3, -0.25) is 4.90 Å². The van der Waals surface area contributed by atoms with E-state index in [0.29, 0.717) is 6.04 Å².